The molecule has 0 unspecified atom stereocenters. The number of aromatic nitrogens is 2. The highest BCUT2D eigenvalue weighted by atomic mass is 32.1. The van der Waals surface area contributed by atoms with E-state index in [0.717, 1.165) is 54.0 Å². The van der Waals surface area contributed by atoms with Crippen molar-refractivity contribution in [3.63, 3.8) is 0 Å². The summed E-state index contributed by atoms with van der Waals surface area (Å²) in [6.07, 6.45) is 1.04. The molecule has 5 nitrogen and oxygen atoms in total. The van der Waals surface area contributed by atoms with Gasteiger partial charge in [-0.25, -0.2) is 4.98 Å². The molecule has 0 spiro atoms. The fraction of sp³-hybridized carbons (Fsp3) is 0.500. The molecule has 0 saturated carbocycles. The van der Waals surface area contributed by atoms with Crippen LogP contribution in [0.1, 0.15) is 11.4 Å². The average Bonchev–Trinajstić information content (AvgIpc) is 2.86. The first kappa shape index (κ1) is 12.8. The van der Waals surface area contributed by atoms with Crippen LogP contribution in [0.2, 0.25) is 0 Å². The van der Waals surface area contributed by atoms with Gasteiger partial charge in [-0.3, -0.25) is 0 Å². The second kappa shape index (κ2) is 5.44. The van der Waals surface area contributed by atoms with Crippen LogP contribution in [0.3, 0.4) is 0 Å². The summed E-state index contributed by atoms with van der Waals surface area (Å²) in [5.41, 5.74) is 7.96. The van der Waals surface area contributed by atoms with Crippen molar-refractivity contribution in [1.29, 1.82) is 0 Å². The van der Waals surface area contributed by atoms with Crippen LogP contribution in [0.15, 0.2) is 5.38 Å². The Morgan fingerprint density at radius 1 is 1.37 bits per heavy atom. The lowest BCUT2D eigenvalue weighted by atomic mass is 10.2. The summed E-state index contributed by atoms with van der Waals surface area (Å²) < 4.78 is 9.81. The molecule has 3 heterocycles. The Morgan fingerprint density at radius 3 is 3.05 bits per heavy atom. The van der Waals surface area contributed by atoms with Gasteiger partial charge < -0.3 is 15.4 Å². The van der Waals surface area contributed by atoms with E-state index in [1.165, 1.54) is 11.5 Å². The molecular weight excluding hydrogens is 280 g/mol. The van der Waals surface area contributed by atoms with Crippen molar-refractivity contribution in [2.24, 2.45) is 0 Å². The molecule has 3 rings (SSSR count). The molecule has 0 aromatic carbocycles. The molecule has 0 amide bonds. The Hall–Kier alpha value is -1.18. The molecule has 2 aromatic rings. The first-order valence-electron chi connectivity index (χ1n) is 6.26. The summed E-state index contributed by atoms with van der Waals surface area (Å²) >= 11 is 3.09. The number of hydrogen-bond donors (Lipinski definition) is 1. The van der Waals surface area contributed by atoms with E-state index < -0.39 is 0 Å². The summed E-state index contributed by atoms with van der Waals surface area (Å²) in [5, 5.41) is 4.21. The van der Waals surface area contributed by atoms with Crippen molar-refractivity contribution in [2.45, 2.75) is 13.3 Å². The van der Waals surface area contributed by atoms with Gasteiger partial charge in [0.05, 0.1) is 22.9 Å². The van der Waals surface area contributed by atoms with Crippen LogP contribution in [0, 0.1) is 6.92 Å². The van der Waals surface area contributed by atoms with E-state index in [2.05, 4.69) is 14.3 Å². The summed E-state index contributed by atoms with van der Waals surface area (Å²) in [4.78, 5) is 6.85. The molecule has 1 fully saturated rings. The van der Waals surface area contributed by atoms with E-state index in [1.807, 2.05) is 12.3 Å². The molecular formula is C12H16N4OS2. The lowest BCUT2D eigenvalue weighted by molar-refractivity contribution is 0.152. The number of aryl methyl sites for hydroxylation is 1. The van der Waals surface area contributed by atoms with Gasteiger partial charge in [0.1, 0.15) is 10.8 Å². The zero-order chi connectivity index (χ0) is 13.2. The molecule has 1 saturated heterocycles. The topological polar surface area (TPSA) is 64.3 Å². The molecule has 0 atom stereocenters. The third-order valence-electron chi connectivity index (χ3n) is 3.09. The van der Waals surface area contributed by atoms with Crippen LogP contribution in [-0.4, -0.2) is 35.7 Å². The Kier molecular flexibility index (Phi) is 3.67. The highest BCUT2D eigenvalue weighted by Crippen LogP contribution is 2.39. The van der Waals surface area contributed by atoms with Crippen LogP contribution in [0.25, 0.3) is 11.3 Å². The van der Waals surface area contributed by atoms with Gasteiger partial charge in [0.25, 0.3) is 0 Å². The Morgan fingerprint density at radius 2 is 2.26 bits per heavy atom. The molecule has 1 aliphatic heterocycles. The average molecular weight is 296 g/mol. The molecule has 0 aliphatic carbocycles. The van der Waals surface area contributed by atoms with Crippen molar-refractivity contribution >= 4 is 33.7 Å². The monoisotopic (exact) mass is 296 g/mol. The normalized spacial score (nSPS) is 16.6. The summed E-state index contributed by atoms with van der Waals surface area (Å²) in [7, 11) is 0. The highest BCUT2D eigenvalue weighted by molar-refractivity contribution is 7.11. The van der Waals surface area contributed by atoms with E-state index in [9.17, 15) is 0 Å². The Labute approximate surface area is 120 Å². The molecule has 19 heavy (non-hydrogen) atoms. The predicted octanol–water partition coefficient (Wildman–Crippen LogP) is 2.38. The van der Waals surface area contributed by atoms with Gasteiger partial charge in [0.2, 0.25) is 0 Å². The number of anilines is 2. The van der Waals surface area contributed by atoms with Crippen LogP contribution in [-0.2, 0) is 4.74 Å². The molecule has 0 bridgehead atoms. The maximum atomic E-state index is 6.03. The third kappa shape index (κ3) is 2.58. The first-order valence-corrected chi connectivity index (χ1v) is 7.91. The molecule has 102 valence electrons. The predicted molar refractivity (Wildman–Crippen MR) is 80.0 cm³/mol. The number of ether oxygens (including phenoxy) is 1. The summed E-state index contributed by atoms with van der Waals surface area (Å²) in [6.45, 7) is 5.46. The minimum Gasteiger partial charge on any atom is -0.382 e. The molecule has 0 radical (unpaired) electrons. The van der Waals surface area contributed by atoms with Gasteiger partial charge >= 0.3 is 0 Å². The molecule has 2 aromatic heterocycles. The number of nitrogen functional groups attached to an aromatic ring is 1. The zero-order valence-electron chi connectivity index (χ0n) is 10.8. The van der Waals surface area contributed by atoms with E-state index in [-0.39, 0.29) is 0 Å². The third-order valence-corrected chi connectivity index (χ3v) is 4.78. The van der Waals surface area contributed by atoms with E-state index in [4.69, 9.17) is 10.5 Å². The van der Waals surface area contributed by atoms with Crippen LogP contribution in [0.5, 0.6) is 0 Å². The van der Waals surface area contributed by atoms with Crippen molar-refractivity contribution in [1.82, 2.24) is 9.36 Å². The number of rotatable bonds is 2. The van der Waals surface area contributed by atoms with Gasteiger partial charge in [-0.05, 0) is 24.9 Å². The number of nitrogens with zero attached hydrogens (tertiary/aromatic N) is 3. The van der Waals surface area contributed by atoms with Gasteiger partial charge in [0.15, 0.2) is 0 Å². The van der Waals surface area contributed by atoms with Crippen LogP contribution < -0.4 is 10.6 Å². The fourth-order valence-corrected chi connectivity index (χ4v) is 3.66. The van der Waals surface area contributed by atoms with E-state index in [0.29, 0.717) is 5.82 Å². The van der Waals surface area contributed by atoms with Gasteiger partial charge in [0, 0.05) is 25.1 Å². The standard InChI is InChI=1S/C12H16N4OS2/c1-8-14-9(7-18-8)10-11(13)15-19-12(10)16-3-2-5-17-6-4-16/h7H,2-6H2,1H3,(H2,13,15). The quantitative estimate of drug-likeness (QED) is 0.922. The first-order chi connectivity index (χ1) is 9.25. The molecule has 1 aliphatic rings. The number of nitrogens with two attached hydrogens (primary N) is 1. The van der Waals surface area contributed by atoms with Gasteiger partial charge in [-0.2, -0.15) is 4.37 Å². The van der Waals surface area contributed by atoms with Gasteiger partial charge in [-0.15, -0.1) is 11.3 Å². The fourth-order valence-electron chi connectivity index (χ4n) is 2.18. The highest BCUT2D eigenvalue weighted by Gasteiger charge is 2.21. The largest absolute Gasteiger partial charge is 0.382 e. The van der Waals surface area contributed by atoms with Crippen LogP contribution >= 0.6 is 22.9 Å². The minimum atomic E-state index is 0.579. The SMILES string of the molecule is Cc1nc(-c2c(N)nsc2N2CCCOCC2)cs1. The van der Waals surface area contributed by atoms with Crippen molar-refractivity contribution in [3.8, 4) is 11.3 Å². The maximum absolute atomic E-state index is 6.03. The van der Waals surface area contributed by atoms with Crippen LogP contribution in [0.4, 0.5) is 10.8 Å². The Balaban J connectivity index is 1.97. The van der Waals surface area contributed by atoms with Crippen molar-refractivity contribution < 1.29 is 4.74 Å². The lowest BCUT2D eigenvalue weighted by Gasteiger charge is -2.20. The Bertz CT molecular complexity index is 558. The lowest BCUT2D eigenvalue weighted by Crippen LogP contribution is -2.25. The molecule has 7 heteroatoms. The smallest absolute Gasteiger partial charge is 0.148 e. The number of thiazole rings is 1. The van der Waals surface area contributed by atoms with E-state index in [1.54, 1.807) is 11.3 Å². The summed E-state index contributed by atoms with van der Waals surface area (Å²) in [5.74, 6) is 0.579. The van der Waals surface area contributed by atoms with E-state index >= 15 is 0 Å². The van der Waals surface area contributed by atoms with Gasteiger partial charge in [-0.1, -0.05) is 0 Å². The summed E-state index contributed by atoms with van der Waals surface area (Å²) in [6, 6.07) is 0. The van der Waals surface area contributed by atoms with Crippen molar-refractivity contribution in [2.75, 3.05) is 36.9 Å². The minimum absolute atomic E-state index is 0.579. The zero-order valence-corrected chi connectivity index (χ0v) is 12.4. The number of hydrogen-bond acceptors (Lipinski definition) is 7. The molecule has 2 N–H and O–H groups in total. The second-order valence-electron chi connectivity index (χ2n) is 4.45. The van der Waals surface area contributed by atoms with Crippen molar-refractivity contribution in [3.05, 3.63) is 10.4 Å². The maximum Gasteiger partial charge on any atom is 0.148 e. The second-order valence-corrected chi connectivity index (χ2v) is 6.27.